The predicted molar refractivity (Wildman–Crippen MR) is 143 cm³/mol. The first-order chi connectivity index (χ1) is 18.5. The van der Waals surface area contributed by atoms with Crippen LogP contribution in [0.2, 0.25) is 0 Å². The van der Waals surface area contributed by atoms with Crippen molar-refractivity contribution in [3.8, 4) is 0 Å². The number of carbonyl (C=O) groups excluding carboxylic acids is 2. The van der Waals surface area contributed by atoms with Gasteiger partial charge in [-0.05, 0) is 55.2 Å². The minimum atomic E-state index is -1.03. The number of amides is 3. The van der Waals surface area contributed by atoms with Gasteiger partial charge < -0.3 is 26.0 Å². The van der Waals surface area contributed by atoms with Gasteiger partial charge in [-0.1, -0.05) is 18.2 Å². The first-order valence-corrected chi connectivity index (χ1v) is 12.3. The molecule has 2 aromatic heterocycles. The number of hydrogen-bond donors (Lipinski definition) is 4. The van der Waals surface area contributed by atoms with E-state index < -0.39 is 6.09 Å². The maximum atomic E-state index is 13.2. The second-order valence-corrected chi connectivity index (χ2v) is 9.07. The normalized spacial score (nSPS) is 13.7. The Morgan fingerprint density at radius 3 is 2.53 bits per heavy atom. The predicted octanol–water partition coefficient (Wildman–Crippen LogP) is 3.72. The van der Waals surface area contributed by atoms with Crippen molar-refractivity contribution in [2.45, 2.75) is 12.8 Å². The molecular weight excluding hydrogens is 486 g/mol. The Kier molecular flexibility index (Phi) is 7.16. The molecule has 5 rings (SSSR count). The van der Waals surface area contributed by atoms with Crippen molar-refractivity contribution in [3.63, 3.8) is 0 Å². The molecule has 0 radical (unpaired) electrons. The van der Waals surface area contributed by atoms with E-state index in [-0.39, 0.29) is 17.7 Å². The molecule has 1 fully saturated rings. The van der Waals surface area contributed by atoms with Gasteiger partial charge in [0.1, 0.15) is 5.56 Å². The molecule has 194 valence electrons. The SMILES string of the molecule is O=C(O)NCC1CCN(c2cc(C(=O)Nc3ccccc3)ccc2NC(=O)c2cnn3cccnc23)CC1. The van der Waals surface area contributed by atoms with Gasteiger partial charge in [0.2, 0.25) is 0 Å². The highest BCUT2D eigenvalue weighted by atomic mass is 16.4. The smallest absolute Gasteiger partial charge is 0.404 e. The van der Waals surface area contributed by atoms with Gasteiger partial charge in [-0.15, -0.1) is 0 Å². The van der Waals surface area contributed by atoms with Crippen molar-refractivity contribution in [2.24, 2.45) is 5.92 Å². The van der Waals surface area contributed by atoms with E-state index >= 15 is 0 Å². The maximum Gasteiger partial charge on any atom is 0.404 e. The molecule has 0 saturated carbocycles. The van der Waals surface area contributed by atoms with Crippen LogP contribution < -0.4 is 20.9 Å². The van der Waals surface area contributed by atoms with Gasteiger partial charge in [-0.25, -0.2) is 14.3 Å². The third-order valence-electron chi connectivity index (χ3n) is 6.56. The summed E-state index contributed by atoms with van der Waals surface area (Å²) in [5.74, 6) is -0.403. The highest BCUT2D eigenvalue weighted by Crippen LogP contribution is 2.32. The van der Waals surface area contributed by atoms with Crippen LogP contribution in [0.1, 0.15) is 33.6 Å². The van der Waals surface area contributed by atoms with E-state index in [4.69, 9.17) is 5.11 Å². The summed E-state index contributed by atoms with van der Waals surface area (Å²) in [6, 6.07) is 16.1. The molecule has 1 aliphatic heterocycles. The maximum absolute atomic E-state index is 13.2. The summed E-state index contributed by atoms with van der Waals surface area (Å²) in [7, 11) is 0. The van der Waals surface area contributed by atoms with Crippen LogP contribution in [0.5, 0.6) is 0 Å². The van der Waals surface area contributed by atoms with E-state index in [1.165, 1.54) is 10.7 Å². The van der Waals surface area contributed by atoms with Gasteiger partial charge in [-0.3, -0.25) is 9.59 Å². The van der Waals surface area contributed by atoms with Crippen molar-refractivity contribution in [3.05, 3.63) is 84.3 Å². The van der Waals surface area contributed by atoms with Gasteiger partial charge >= 0.3 is 6.09 Å². The lowest BCUT2D eigenvalue weighted by atomic mass is 9.96. The third-order valence-corrected chi connectivity index (χ3v) is 6.56. The molecule has 38 heavy (non-hydrogen) atoms. The Hall–Kier alpha value is -4.93. The van der Waals surface area contributed by atoms with Crippen LogP contribution in [-0.2, 0) is 0 Å². The fourth-order valence-electron chi connectivity index (χ4n) is 4.55. The summed E-state index contributed by atoms with van der Waals surface area (Å²) >= 11 is 0. The molecule has 2 aromatic carbocycles. The summed E-state index contributed by atoms with van der Waals surface area (Å²) in [6.07, 6.45) is 5.30. The Bertz CT molecular complexity index is 1460. The molecule has 3 heterocycles. The molecule has 4 aromatic rings. The standard InChI is InChI=1S/C27H27N7O4/c35-25(31-20-5-2-1-3-6-20)19-7-8-22(32-26(36)21-17-30-34-12-4-11-28-24(21)34)23(15-19)33-13-9-18(10-14-33)16-29-27(37)38/h1-8,11-12,15,17-18,29H,9-10,13-14,16H2,(H,31,35)(H,32,36)(H,37,38). The van der Waals surface area contributed by atoms with Crippen LogP contribution in [0.15, 0.2) is 73.2 Å². The van der Waals surface area contributed by atoms with E-state index in [2.05, 4.69) is 30.9 Å². The van der Waals surface area contributed by atoms with Gasteiger partial charge in [-0.2, -0.15) is 5.10 Å². The molecule has 0 bridgehead atoms. The monoisotopic (exact) mass is 513 g/mol. The zero-order valence-corrected chi connectivity index (χ0v) is 20.5. The molecular formula is C27H27N7O4. The van der Waals surface area contributed by atoms with E-state index in [0.717, 1.165) is 12.8 Å². The number of hydrogen-bond acceptors (Lipinski definition) is 6. The van der Waals surface area contributed by atoms with Crippen LogP contribution in [0.3, 0.4) is 0 Å². The van der Waals surface area contributed by atoms with Gasteiger partial charge in [0.15, 0.2) is 5.65 Å². The molecule has 4 N–H and O–H groups in total. The number of benzene rings is 2. The zero-order valence-electron chi connectivity index (χ0n) is 20.5. The van der Waals surface area contributed by atoms with Crippen LogP contribution in [-0.4, -0.2) is 57.2 Å². The summed E-state index contributed by atoms with van der Waals surface area (Å²) < 4.78 is 1.53. The van der Waals surface area contributed by atoms with Crippen molar-refractivity contribution in [1.82, 2.24) is 19.9 Å². The lowest BCUT2D eigenvalue weighted by Gasteiger charge is -2.35. The van der Waals surface area contributed by atoms with Crippen LogP contribution >= 0.6 is 0 Å². The van der Waals surface area contributed by atoms with Gasteiger partial charge in [0, 0.05) is 43.3 Å². The Morgan fingerprint density at radius 1 is 0.974 bits per heavy atom. The van der Waals surface area contributed by atoms with Crippen molar-refractivity contribution >= 4 is 40.6 Å². The van der Waals surface area contributed by atoms with Crippen molar-refractivity contribution in [2.75, 3.05) is 35.2 Å². The molecule has 0 spiro atoms. The Morgan fingerprint density at radius 2 is 1.76 bits per heavy atom. The van der Waals surface area contributed by atoms with Crippen LogP contribution in [0, 0.1) is 5.92 Å². The van der Waals surface area contributed by atoms with E-state index in [1.807, 2.05) is 30.3 Å². The Labute approximate surface area is 218 Å². The average Bonchev–Trinajstić information content (AvgIpc) is 3.37. The lowest BCUT2D eigenvalue weighted by Crippen LogP contribution is -2.38. The summed E-state index contributed by atoms with van der Waals surface area (Å²) in [5.41, 5.74) is 3.19. The number of para-hydroxylation sites is 1. The number of piperidine rings is 1. The minimum absolute atomic E-state index is 0.217. The van der Waals surface area contributed by atoms with Gasteiger partial charge in [0.05, 0.1) is 17.6 Å². The molecule has 11 nitrogen and oxygen atoms in total. The fraction of sp³-hybridized carbons (Fsp3) is 0.222. The largest absolute Gasteiger partial charge is 0.465 e. The van der Waals surface area contributed by atoms with E-state index in [0.29, 0.717) is 53.5 Å². The molecule has 0 aliphatic carbocycles. The number of carboxylic acid groups (broad SMARTS) is 1. The number of nitrogens with one attached hydrogen (secondary N) is 3. The fourth-order valence-corrected chi connectivity index (χ4v) is 4.55. The molecule has 3 amide bonds. The molecule has 0 atom stereocenters. The topological polar surface area (TPSA) is 141 Å². The first-order valence-electron chi connectivity index (χ1n) is 12.3. The summed E-state index contributed by atoms with van der Waals surface area (Å²) in [4.78, 5) is 43.5. The van der Waals surface area contributed by atoms with Crippen LogP contribution in [0.4, 0.5) is 21.9 Å². The molecule has 1 saturated heterocycles. The lowest BCUT2D eigenvalue weighted by molar-refractivity contribution is 0.102. The average molecular weight is 514 g/mol. The zero-order chi connectivity index (χ0) is 26.5. The van der Waals surface area contributed by atoms with Crippen LogP contribution in [0.25, 0.3) is 5.65 Å². The van der Waals surface area contributed by atoms with E-state index in [9.17, 15) is 14.4 Å². The highest BCUT2D eigenvalue weighted by molar-refractivity contribution is 6.10. The van der Waals surface area contributed by atoms with E-state index in [1.54, 1.807) is 36.7 Å². The molecule has 1 aliphatic rings. The molecule has 11 heteroatoms. The van der Waals surface area contributed by atoms with Gasteiger partial charge in [0.25, 0.3) is 11.8 Å². The summed E-state index contributed by atoms with van der Waals surface area (Å²) in [5, 5.41) is 21.4. The minimum Gasteiger partial charge on any atom is -0.465 e. The number of fused-ring (bicyclic) bond motifs is 1. The highest BCUT2D eigenvalue weighted by Gasteiger charge is 2.24. The number of aromatic nitrogens is 3. The first kappa shape index (κ1) is 24.8. The van der Waals surface area contributed by atoms with Crippen molar-refractivity contribution in [1.29, 1.82) is 0 Å². The van der Waals surface area contributed by atoms with Crippen molar-refractivity contribution < 1.29 is 19.5 Å². The second-order valence-electron chi connectivity index (χ2n) is 9.07. The number of nitrogens with zero attached hydrogens (tertiary/aromatic N) is 4. The molecule has 0 unspecified atom stereocenters. The third kappa shape index (κ3) is 5.56. The summed E-state index contributed by atoms with van der Waals surface area (Å²) in [6.45, 7) is 1.70. The Balaban J connectivity index is 1.40. The number of rotatable bonds is 7. The quantitative estimate of drug-likeness (QED) is 0.295. The second kappa shape index (κ2) is 11.0. The number of anilines is 3. The number of carbonyl (C=O) groups is 3.